The smallest absolute Gasteiger partial charge is 0.0613 e. The van der Waals surface area contributed by atoms with E-state index in [0.717, 1.165) is 156 Å². The minimum absolute atomic E-state index is 0.0217. The van der Waals surface area contributed by atoms with Crippen molar-refractivity contribution in [1.82, 2.24) is 61.6 Å². The van der Waals surface area contributed by atoms with E-state index in [1.807, 2.05) is 6.20 Å². The lowest BCUT2D eigenvalue weighted by Gasteiger charge is -2.43. The van der Waals surface area contributed by atoms with Crippen molar-refractivity contribution in [2.75, 3.05) is 121 Å². The van der Waals surface area contributed by atoms with Gasteiger partial charge in [0.2, 0.25) is 0 Å². The number of aryl methyl sites for hydroxylation is 2. The highest BCUT2D eigenvalue weighted by molar-refractivity contribution is 5.64. The Hall–Kier alpha value is -5.85. The molecule has 3 aromatic heterocycles. The van der Waals surface area contributed by atoms with Crippen molar-refractivity contribution in [1.29, 1.82) is 0 Å². The summed E-state index contributed by atoms with van der Waals surface area (Å²) in [6.07, 6.45) is 17.2. The standard InChI is InChI=1S/C77H105N15/c1-50-33-51-13-9-18-68(73(51)84-41-50)87(6)45-58-39-65-55(43-82-58)34-53(36-71(65)90-29-25-78-26-30-90)60-19-21-70(74-62(60)15-11-23-79-74)89(8)47-59-40-66-56(44-83-59)35-54(37-72(66)92-32-28-86-77(4,5)49-92)61-20-22-69(75-63(61)16-12-24-80-75)88(7)46-57-38-64-52(42-81-57)14-10-17-67(64)91-31-27-85-76(2,3)48-91/h10-12,14-17,23-24,33-37,41,57-61,68-70,78,81-83,85-86H,9,13,18-22,25-32,38-40,42-49H2,1-8H3/t57-,58-,59+,60?,61?,68-,69-,70-/m0/s1. The molecular weight excluding hydrogens is 1130 g/mol. The molecular formula is C77H105N15. The number of hydrogen-bond acceptors (Lipinski definition) is 15. The summed E-state index contributed by atoms with van der Waals surface area (Å²) < 4.78 is 0. The SMILES string of the molecule is Cc1cnc2c(c1)CCC[C@@H]2N(C)C[C@@H]1Cc2c(cc(C3CC[C@H](N(C)C[C@H]4Cc5c(cc(C6CC[C@H](N(C)C[C@@H]7Cc8c(cccc8N8CCNC(C)(C)C8)CN7)c7ncccc76)cc5N5CCNC(C)(C)C5)CN4)c4ncccc43)cc2N2CCNCC2)CN1. The predicted octanol–water partition coefficient (Wildman–Crippen LogP) is 9.22. The van der Waals surface area contributed by atoms with Crippen LogP contribution in [0.15, 0.2) is 91.4 Å². The topological polar surface area (TPSA) is 130 Å². The molecule has 0 amide bonds. The van der Waals surface area contributed by atoms with Gasteiger partial charge in [-0.2, -0.15) is 0 Å². The number of likely N-dealkylation sites (N-methyl/N-ethyl adjacent to an activating group) is 3. The molecule has 0 bridgehead atoms. The molecule has 3 saturated heterocycles. The van der Waals surface area contributed by atoms with Crippen LogP contribution in [0.4, 0.5) is 17.1 Å². The van der Waals surface area contributed by atoms with Crippen LogP contribution in [0.2, 0.25) is 0 Å². The van der Waals surface area contributed by atoms with E-state index < -0.39 is 0 Å². The van der Waals surface area contributed by atoms with Gasteiger partial charge in [0.15, 0.2) is 0 Å². The largest absolute Gasteiger partial charge is 0.369 e. The molecule has 488 valence electrons. The van der Waals surface area contributed by atoms with Gasteiger partial charge in [-0.15, -0.1) is 0 Å². The number of rotatable bonds is 14. The summed E-state index contributed by atoms with van der Waals surface area (Å²) in [4.78, 5) is 31.6. The predicted molar refractivity (Wildman–Crippen MR) is 375 cm³/mol. The van der Waals surface area contributed by atoms with Crippen molar-refractivity contribution in [3.63, 3.8) is 0 Å². The number of piperazine rings is 3. The summed E-state index contributed by atoms with van der Waals surface area (Å²) in [5, 5.41) is 23.4. The van der Waals surface area contributed by atoms with Gasteiger partial charge in [0.25, 0.3) is 0 Å². The molecule has 2 unspecified atom stereocenters. The molecule has 92 heavy (non-hydrogen) atoms. The Morgan fingerprint density at radius 2 is 0.978 bits per heavy atom. The summed E-state index contributed by atoms with van der Waals surface area (Å²) in [5.41, 5.74) is 25.8. The Labute approximate surface area is 549 Å². The molecule has 8 atom stereocenters. The Balaban J connectivity index is 0.646. The van der Waals surface area contributed by atoms with Crippen LogP contribution in [0.3, 0.4) is 0 Å². The molecule has 15 nitrogen and oxygen atoms in total. The van der Waals surface area contributed by atoms with Crippen LogP contribution in [-0.4, -0.2) is 165 Å². The van der Waals surface area contributed by atoms with Crippen LogP contribution in [0, 0.1) is 6.92 Å². The maximum atomic E-state index is 5.32. The molecule has 0 saturated carbocycles. The van der Waals surface area contributed by atoms with Crippen molar-refractivity contribution < 1.29 is 0 Å². The van der Waals surface area contributed by atoms with E-state index in [9.17, 15) is 0 Å². The van der Waals surface area contributed by atoms with E-state index in [0.29, 0.717) is 36.0 Å². The van der Waals surface area contributed by atoms with Gasteiger partial charge in [-0.25, -0.2) is 0 Å². The Kier molecular flexibility index (Phi) is 17.6. The third-order valence-electron chi connectivity index (χ3n) is 23.2. The second kappa shape index (κ2) is 26.0. The molecule has 9 aliphatic rings. The zero-order chi connectivity index (χ0) is 62.8. The summed E-state index contributed by atoms with van der Waals surface area (Å²) in [6, 6.07) is 31.0. The van der Waals surface area contributed by atoms with Crippen LogP contribution in [0.1, 0.15) is 180 Å². The lowest BCUT2D eigenvalue weighted by molar-refractivity contribution is 0.187. The molecule has 0 radical (unpaired) electrons. The van der Waals surface area contributed by atoms with Gasteiger partial charge in [-0.05, 0) is 217 Å². The maximum absolute atomic E-state index is 5.32. The van der Waals surface area contributed by atoms with Gasteiger partial charge in [-0.3, -0.25) is 29.7 Å². The van der Waals surface area contributed by atoms with Gasteiger partial charge in [0.1, 0.15) is 0 Å². The highest BCUT2D eigenvalue weighted by Gasteiger charge is 2.40. The van der Waals surface area contributed by atoms with Gasteiger partial charge in [-0.1, -0.05) is 42.5 Å². The van der Waals surface area contributed by atoms with Crippen LogP contribution < -0.4 is 46.6 Å². The molecule has 9 heterocycles. The van der Waals surface area contributed by atoms with Crippen molar-refractivity contribution in [3.8, 4) is 0 Å². The quantitative estimate of drug-likeness (QED) is 0.0620. The molecule has 0 spiro atoms. The molecule has 15 heteroatoms. The van der Waals surface area contributed by atoms with Crippen LogP contribution in [0.25, 0.3) is 0 Å². The first-order valence-corrected chi connectivity index (χ1v) is 35.7. The summed E-state index contributed by atoms with van der Waals surface area (Å²) in [7, 11) is 7.07. The normalized spacial score (nSPS) is 26.8. The van der Waals surface area contributed by atoms with Gasteiger partial charge in [0, 0.05) is 181 Å². The van der Waals surface area contributed by atoms with E-state index in [-0.39, 0.29) is 23.2 Å². The fraction of sp³-hybridized carbons (Fsp3) is 0.571. The first-order valence-electron chi connectivity index (χ1n) is 35.7. The molecule has 6 N–H and O–H groups in total. The lowest BCUT2D eigenvalue weighted by atomic mass is 9.76. The fourth-order valence-electron chi connectivity index (χ4n) is 18.7. The second-order valence-electron chi connectivity index (χ2n) is 30.8. The Bertz CT molecular complexity index is 3630. The highest BCUT2D eigenvalue weighted by atomic mass is 15.2. The molecule has 3 aliphatic carbocycles. The van der Waals surface area contributed by atoms with Crippen molar-refractivity contribution >= 4 is 17.1 Å². The van der Waals surface area contributed by atoms with E-state index in [2.05, 4.69) is 202 Å². The van der Waals surface area contributed by atoms with Gasteiger partial charge >= 0.3 is 0 Å². The molecule has 6 aromatic rings. The molecule has 6 aliphatic heterocycles. The molecule has 15 rings (SSSR count). The molecule has 3 aromatic carbocycles. The zero-order valence-corrected chi connectivity index (χ0v) is 56.7. The average Bonchev–Trinajstić information content (AvgIpc) is 1.10. The third-order valence-corrected chi connectivity index (χ3v) is 23.2. The Morgan fingerprint density at radius 1 is 0.489 bits per heavy atom. The van der Waals surface area contributed by atoms with Crippen molar-refractivity contribution in [2.45, 2.75) is 178 Å². The van der Waals surface area contributed by atoms with E-state index in [1.165, 1.54) is 103 Å². The summed E-state index contributed by atoms with van der Waals surface area (Å²) in [5.74, 6) is 0.604. The summed E-state index contributed by atoms with van der Waals surface area (Å²) >= 11 is 0. The number of fused-ring (bicyclic) bond motifs is 6. The van der Waals surface area contributed by atoms with Crippen molar-refractivity contribution in [3.05, 3.63) is 175 Å². The minimum Gasteiger partial charge on any atom is -0.369 e. The van der Waals surface area contributed by atoms with E-state index in [4.69, 9.17) is 15.0 Å². The monoisotopic (exact) mass is 1240 g/mol. The number of pyridine rings is 3. The van der Waals surface area contributed by atoms with Gasteiger partial charge in [0.05, 0.1) is 35.2 Å². The summed E-state index contributed by atoms with van der Waals surface area (Å²) in [6.45, 7) is 27.5. The maximum Gasteiger partial charge on any atom is 0.0613 e. The number of nitrogens with one attached hydrogen (secondary N) is 6. The third kappa shape index (κ3) is 12.7. The van der Waals surface area contributed by atoms with Crippen LogP contribution in [-0.2, 0) is 45.3 Å². The highest BCUT2D eigenvalue weighted by Crippen LogP contribution is 2.48. The number of benzene rings is 3. The lowest BCUT2D eigenvalue weighted by Crippen LogP contribution is -2.57. The second-order valence-corrected chi connectivity index (χ2v) is 30.8. The number of hydrogen-bond donors (Lipinski definition) is 6. The first-order chi connectivity index (χ1) is 44.7. The van der Waals surface area contributed by atoms with Crippen LogP contribution in [0.5, 0.6) is 0 Å². The fourth-order valence-corrected chi connectivity index (χ4v) is 18.7. The first kappa shape index (κ1) is 62.3. The van der Waals surface area contributed by atoms with E-state index >= 15 is 0 Å². The Morgan fingerprint density at radius 3 is 1.52 bits per heavy atom. The van der Waals surface area contributed by atoms with Crippen LogP contribution >= 0.6 is 0 Å². The van der Waals surface area contributed by atoms with E-state index in [1.54, 1.807) is 11.1 Å². The van der Waals surface area contributed by atoms with Gasteiger partial charge < -0.3 is 46.6 Å². The number of nitrogens with zero attached hydrogens (tertiary/aromatic N) is 9. The zero-order valence-electron chi connectivity index (χ0n) is 56.7. The minimum atomic E-state index is 0.0217. The van der Waals surface area contributed by atoms with Crippen molar-refractivity contribution in [2.24, 2.45) is 0 Å². The number of aromatic nitrogens is 3. The average molecular weight is 1240 g/mol. The molecule has 3 fully saturated rings. The number of anilines is 3.